The summed E-state index contributed by atoms with van der Waals surface area (Å²) in [5, 5.41) is 14.0. The summed E-state index contributed by atoms with van der Waals surface area (Å²) < 4.78 is 18.8. The van der Waals surface area contributed by atoms with Crippen LogP contribution in [0.4, 0.5) is 15.8 Å². The average molecular weight is 473 g/mol. The standard InChI is InChI=1S/C23H22ClFN4O4/c24-19-8-3-16(14-20(19)29(31)32)23(30)26-15-21(22-2-1-13-33-22)28-11-9-27(10-12-28)18-6-4-17(25)5-7-18/h1-8,13-14,21H,9-12,15H2,(H,26,30). The van der Waals surface area contributed by atoms with Crippen LogP contribution in [0.2, 0.25) is 5.02 Å². The maximum atomic E-state index is 13.2. The first-order chi connectivity index (χ1) is 15.9. The van der Waals surface area contributed by atoms with Crippen LogP contribution >= 0.6 is 11.6 Å². The minimum atomic E-state index is -0.620. The van der Waals surface area contributed by atoms with Crippen LogP contribution in [0.5, 0.6) is 0 Å². The van der Waals surface area contributed by atoms with E-state index in [4.69, 9.17) is 16.0 Å². The third-order valence-corrected chi connectivity index (χ3v) is 6.00. The summed E-state index contributed by atoms with van der Waals surface area (Å²) in [6.07, 6.45) is 1.58. The van der Waals surface area contributed by atoms with Gasteiger partial charge >= 0.3 is 0 Å². The molecule has 1 unspecified atom stereocenters. The Kier molecular flexibility index (Phi) is 6.90. The molecule has 1 aromatic heterocycles. The maximum absolute atomic E-state index is 13.2. The number of furan rings is 1. The molecule has 1 amide bonds. The molecule has 1 atom stereocenters. The molecular formula is C23H22ClFN4O4. The molecule has 1 saturated heterocycles. The summed E-state index contributed by atoms with van der Waals surface area (Å²) in [4.78, 5) is 27.6. The Morgan fingerprint density at radius 2 is 1.88 bits per heavy atom. The first kappa shape index (κ1) is 22.8. The maximum Gasteiger partial charge on any atom is 0.288 e. The van der Waals surface area contributed by atoms with E-state index in [1.807, 2.05) is 6.07 Å². The topological polar surface area (TPSA) is 91.9 Å². The van der Waals surface area contributed by atoms with Gasteiger partial charge in [0.25, 0.3) is 11.6 Å². The zero-order valence-electron chi connectivity index (χ0n) is 17.6. The number of piperazine rings is 1. The molecule has 4 rings (SSSR count). The predicted molar refractivity (Wildman–Crippen MR) is 122 cm³/mol. The van der Waals surface area contributed by atoms with E-state index in [-0.39, 0.29) is 34.7 Å². The van der Waals surface area contributed by atoms with Gasteiger partial charge in [-0.15, -0.1) is 0 Å². The van der Waals surface area contributed by atoms with Gasteiger partial charge in [-0.2, -0.15) is 0 Å². The van der Waals surface area contributed by atoms with Gasteiger partial charge in [-0.25, -0.2) is 4.39 Å². The SMILES string of the molecule is O=C(NCC(c1ccco1)N1CCN(c2ccc(F)cc2)CC1)c1ccc(Cl)c([N+](=O)[O-])c1. The molecule has 10 heteroatoms. The van der Waals surface area contributed by atoms with Gasteiger partial charge in [-0.05, 0) is 48.5 Å². The molecule has 0 radical (unpaired) electrons. The van der Waals surface area contributed by atoms with E-state index in [1.165, 1.54) is 30.3 Å². The van der Waals surface area contributed by atoms with Gasteiger partial charge in [-0.3, -0.25) is 19.8 Å². The number of hydrogen-bond acceptors (Lipinski definition) is 6. The Morgan fingerprint density at radius 1 is 1.15 bits per heavy atom. The first-order valence-electron chi connectivity index (χ1n) is 10.4. The molecule has 1 N–H and O–H groups in total. The average Bonchev–Trinajstić information content (AvgIpc) is 3.35. The predicted octanol–water partition coefficient (Wildman–Crippen LogP) is 4.27. The van der Waals surface area contributed by atoms with E-state index >= 15 is 0 Å². The fraction of sp³-hybridized carbons (Fsp3) is 0.261. The van der Waals surface area contributed by atoms with Crippen LogP contribution in [-0.4, -0.2) is 48.5 Å². The first-order valence-corrected chi connectivity index (χ1v) is 10.8. The van der Waals surface area contributed by atoms with Gasteiger partial charge in [-0.1, -0.05) is 11.6 Å². The smallest absolute Gasteiger partial charge is 0.288 e. The normalized spacial score (nSPS) is 15.3. The van der Waals surface area contributed by atoms with E-state index in [9.17, 15) is 19.3 Å². The largest absolute Gasteiger partial charge is 0.468 e. The summed E-state index contributed by atoms with van der Waals surface area (Å²) in [7, 11) is 0. The molecule has 3 aromatic rings. The van der Waals surface area contributed by atoms with Gasteiger partial charge in [0.15, 0.2) is 0 Å². The molecule has 2 heterocycles. The zero-order valence-corrected chi connectivity index (χ0v) is 18.4. The lowest BCUT2D eigenvalue weighted by molar-refractivity contribution is -0.384. The Hall–Kier alpha value is -3.43. The second-order valence-corrected chi connectivity index (χ2v) is 8.07. The number of hydrogen-bond donors (Lipinski definition) is 1. The van der Waals surface area contributed by atoms with Crippen molar-refractivity contribution in [1.29, 1.82) is 0 Å². The minimum absolute atomic E-state index is 0.0240. The highest BCUT2D eigenvalue weighted by Crippen LogP contribution is 2.26. The number of nitro benzene ring substituents is 1. The minimum Gasteiger partial charge on any atom is -0.468 e. The zero-order chi connectivity index (χ0) is 23.4. The molecule has 1 fully saturated rings. The summed E-state index contributed by atoms with van der Waals surface area (Å²) in [6, 6.07) is 13.8. The number of benzene rings is 2. The second kappa shape index (κ2) is 10.0. The Balaban J connectivity index is 1.42. The van der Waals surface area contributed by atoms with Crippen LogP contribution in [0.3, 0.4) is 0 Å². The highest BCUT2D eigenvalue weighted by Gasteiger charge is 2.28. The molecule has 172 valence electrons. The third-order valence-electron chi connectivity index (χ3n) is 5.68. The van der Waals surface area contributed by atoms with Crippen LogP contribution in [0.25, 0.3) is 0 Å². The van der Waals surface area contributed by atoms with E-state index in [2.05, 4.69) is 15.1 Å². The third kappa shape index (κ3) is 5.32. The summed E-state index contributed by atoms with van der Waals surface area (Å²) in [5.41, 5.74) is 0.803. The van der Waals surface area contributed by atoms with Gasteiger partial charge in [0, 0.05) is 50.0 Å². The molecule has 33 heavy (non-hydrogen) atoms. The van der Waals surface area contributed by atoms with E-state index in [1.54, 1.807) is 24.5 Å². The molecule has 8 nitrogen and oxygen atoms in total. The lowest BCUT2D eigenvalue weighted by atomic mass is 10.1. The fourth-order valence-electron chi connectivity index (χ4n) is 3.92. The number of amides is 1. The molecule has 2 aromatic carbocycles. The Labute approximate surface area is 194 Å². The molecular weight excluding hydrogens is 451 g/mol. The summed E-state index contributed by atoms with van der Waals surface area (Å²) in [6.45, 7) is 3.16. The van der Waals surface area contributed by atoms with Crippen LogP contribution in [0.15, 0.2) is 65.3 Å². The van der Waals surface area contributed by atoms with E-state index < -0.39 is 10.8 Å². The summed E-state index contributed by atoms with van der Waals surface area (Å²) in [5.74, 6) is 0.0147. The van der Waals surface area contributed by atoms with Crippen molar-refractivity contribution in [3.05, 3.63) is 93.1 Å². The molecule has 0 bridgehead atoms. The van der Waals surface area contributed by atoms with Crippen LogP contribution in [0.1, 0.15) is 22.2 Å². The molecule has 0 saturated carbocycles. The monoisotopic (exact) mass is 472 g/mol. The van der Waals surface area contributed by atoms with Crippen LogP contribution < -0.4 is 10.2 Å². The summed E-state index contributed by atoms with van der Waals surface area (Å²) >= 11 is 5.84. The Bertz CT molecular complexity index is 1120. The lowest BCUT2D eigenvalue weighted by Gasteiger charge is -2.39. The number of carbonyl (C=O) groups is 1. The van der Waals surface area contributed by atoms with Crippen molar-refractivity contribution in [2.45, 2.75) is 6.04 Å². The number of nitro groups is 1. The van der Waals surface area contributed by atoms with Gasteiger partial charge in [0.2, 0.25) is 0 Å². The number of rotatable bonds is 7. The molecule has 0 spiro atoms. The van der Waals surface area contributed by atoms with Crippen molar-refractivity contribution in [3.8, 4) is 0 Å². The second-order valence-electron chi connectivity index (χ2n) is 7.66. The number of nitrogens with one attached hydrogen (secondary N) is 1. The molecule has 1 aliphatic rings. The highest BCUT2D eigenvalue weighted by atomic mass is 35.5. The number of anilines is 1. The van der Waals surface area contributed by atoms with Crippen molar-refractivity contribution < 1.29 is 18.5 Å². The highest BCUT2D eigenvalue weighted by molar-refractivity contribution is 6.32. The van der Waals surface area contributed by atoms with Crippen LogP contribution in [-0.2, 0) is 0 Å². The van der Waals surface area contributed by atoms with E-state index in [0.717, 1.165) is 18.8 Å². The van der Waals surface area contributed by atoms with Crippen molar-refractivity contribution in [1.82, 2.24) is 10.2 Å². The van der Waals surface area contributed by atoms with Crippen molar-refractivity contribution in [2.24, 2.45) is 0 Å². The molecule has 1 aliphatic heterocycles. The Morgan fingerprint density at radius 3 is 2.52 bits per heavy atom. The van der Waals surface area contributed by atoms with Gasteiger partial charge < -0.3 is 14.6 Å². The van der Waals surface area contributed by atoms with E-state index in [0.29, 0.717) is 18.8 Å². The number of carbonyl (C=O) groups excluding carboxylic acids is 1. The quantitative estimate of drug-likeness (QED) is 0.408. The van der Waals surface area contributed by atoms with Crippen LogP contribution in [0, 0.1) is 15.9 Å². The lowest BCUT2D eigenvalue weighted by Crippen LogP contribution is -2.49. The number of halogens is 2. The van der Waals surface area contributed by atoms with Crippen molar-refractivity contribution >= 4 is 28.9 Å². The van der Waals surface area contributed by atoms with Gasteiger partial charge in [0.05, 0.1) is 17.2 Å². The fourth-order valence-corrected chi connectivity index (χ4v) is 4.11. The van der Waals surface area contributed by atoms with Crippen molar-refractivity contribution in [3.63, 3.8) is 0 Å². The van der Waals surface area contributed by atoms with Crippen molar-refractivity contribution in [2.75, 3.05) is 37.6 Å². The molecule has 0 aliphatic carbocycles. The van der Waals surface area contributed by atoms with Gasteiger partial charge in [0.1, 0.15) is 16.6 Å². The number of nitrogens with zero attached hydrogens (tertiary/aromatic N) is 3.